The molecule has 0 aliphatic rings. The minimum atomic E-state index is -3.05. The van der Waals surface area contributed by atoms with E-state index in [9.17, 15) is 9.00 Å². The number of aromatic nitrogens is 4. The lowest BCUT2D eigenvalue weighted by atomic mass is 10.0. The number of aryl methyl sites for hydroxylation is 1. The Morgan fingerprint density at radius 2 is 1.91 bits per heavy atom. The maximum Gasteiger partial charge on any atom is 0.407 e. The molecule has 3 rings (SSSR count). The SMILES string of the molecule is Cc1nc2ncnn2c(N(C)C)c1Cc1ccc(S(=N)(=O)CCNC(=O)OC(C)(C)C)cc1. The highest BCUT2D eigenvalue weighted by atomic mass is 32.2. The Morgan fingerprint density at radius 3 is 2.52 bits per heavy atom. The van der Waals surface area contributed by atoms with Gasteiger partial charge in [0.05, 0.1) is 15.5 Å². The molecule has 0 bridgehead atoms. The quantitative estimate of drug-likeness (QED) is 0.540. The first kappa shape index (κ1) is 24.4. The van der Waals surface area contributed by atoms with Crippen molar-refractivity contribution in [3.05, 3.63) is 47.4 Å². The third-order valence-corrected chi connectivity index (χ3v) is 6.68. The molecule has 2 aromatic heterocycles. The molecule has 3 aromatic rings. The summed E-state index contributed by atoms with van der Waals surface area (Å²) in [5.41, 5.74) is 2.26. The van der Waals surface area contributed by atoms with E-state index in [-0.39, 0.29) is 12.3 Å². The molecule has 1 unspecified atom stereocenters. The molecule has 0 spiro atoms. The molecule has 1 amide bonds. The lowest BCUT2D eigenvalue weighted by Crippen LogP contribution is -2.34. The molecule has 0 saturated heterocycles. The smallest absolute Gasteiger partial charge is 0.407 e. The maximum atomic E-state index is 12.9. The standard InChI is InChI=1S/C22H31N7O3S/c1-15-18(19(28(5)6)29-20(27-15)25-14-26-29)13-16-7-9-17(10-8-16)33(23,31)12-11-24-21(30)32-22(2,3)4/h7-10,14,23H,11-13H2,1-6H3,(H,24,30). The van der Waals surface area contributed by atoms with E-state index in [1.807, 2.05) is 38.1 Å². The van der Waals surface area contributed by atoms with Crippen LogP contribution in [-0.2, 0) is 20.9 Å². The lowest BCUT2D eigenvalue weighted by Gasteiger charge is -2.20. The number of carbonyl (C=O) groups excluding carboxylic acids is 1. The molecular weight excluding hydrogens is 442 g/mol. The number of amides is 1. The summed E-state index contributed by atoms with van der Waals surface area (Å²) in [4.78, 5) is 22.9. The zero-order chi connectivity index (χ0) is 24.4. The second-order valence-corrected chi connectivity index (χ2v) is 11.2. The Morgan fingerprint density at radius 1 is 1.24 bits per heavy atom. The number of alkyl carbamates (subject to hydrolysis) is 1. The molecule has 178 valence electrons. The van der Waals surface area contributed by atoms with E-state index in [1.165, 1.54) is 6.33 Å². The molecule has 0 radical (unpaired) electrons. The fourth-order valence-electron chi connectivity index (χ4n) is 3.39. The fraction of sp³-hybridized carbons (Fsp3) is 0.455. The number of ether oxygens (including phenoxy) is 1. The molecule has 2 heterocycles. The fourth-order valence-corrected chi connectivity index (χ4v) is 4.60. The van der Waals surface area contributed by atoms with Gasteiger partial charge in [-0.2, -0.15) is 14.6 Å². The van der Waals surface area contributed by atoms with Crippen LogP contribution in [0.15, 0.2) is 35.5 Å². The van der Waals surface area contributed by atoms with E-state index < -0.39 is 21.4 Å². The molecule has 0 aliphatic carbocycles. The monoisotopic (exact) mass is 473 g/mol. The van der Waals surface area contributed by atoms with Gasteiger partial charge in [-0.1, -0.05) is 12.1 Å². The van der Waals surface area contributed by atoms with Gasteiger partial charge in [-0.15, -0.1) is 0 Å². The van der Waals surface area contributed by atoms with Crippen molar-refractivity contribution in [2.24, 2.45) is 0 Å². The van der Waals surface area contributed by atoms with Crippen molar-refractivity contribution in [3.8, 4) is 0 Å². The van der Waals surface area contributed by atoms with E-state index in [1.54, 1.807) is 37.4 Å². The van der Waals surface area contributed by atoms with Gasteiger partial charge in [0.25, 0.3) is 5.78 Å². The third kappa shape index (κ3) is 5.98. The first-order chi connectivity index (χ1) is 15.4. The van der Waals surface area contributed by atoms with E-state index in [0.29, 0.717) is 17.1 Å². The zero-order valence-corrected chi connectivity index (χ0v) is 20.7. The summed E-state index contributed by atoms with van der Waals surface area (Å²) in [7, 11) is 0.841. The Kier molecular flexibility index (Phi) is 6.92. The number of fused-ring (bicyclic) bond motifs is 1. The predicted molar refractivity (Wildman–Crippen MR) is 127 cm³/mol. The van der Waals surface area contributed by atoms with Gasteiger partial charge in [0, 0.05) is 43.2 Å². The van der Waals surface area contributed by atoms with Gasteiger partial charge in [-0.25, -0.2) is 18.8 Å². The number of carbonyl (C=O) groups is 1. The minimum Gasteiger partial charge on any atom is -0.444 e. The highest BCUT2D eigenvalue weighted by Gasteiger charge is 2.18. The minimum absolute atomic E-state index is 0.00234. The van der Waals surface area contributed by atoms with Gasteiger partial charge in [0.15, 0.2) is 0 Å². The van der Waals surface area contributed by atoms with Crippen LogP contribution < -0.4 is 10.2 Å². The second-order valence-electron chi connectivity index (χ2n) is 8.99. The largest absolute Gasteiger partial charge is 0.444 e. The predicted octanol–water partition coefficient (Wildman–Crippen LogP) is 3.02. The zero-order valence-electron chi connectivity index (χ0n) is 19.9. The normalized spacial score (nSPS) is 13.5. The van der Waals surface area contributed by atoms with Crippen LogP contribution in [-0.4, -0.2) is 61.9 Å². The average Bonchev–Trinajstić information content (AvgIpc) is 3.14. The number of nitrogens with zero attached hydrogens (tertiary/aromatic N) is 5. The van der Waals surface area contributed by atoms with Gasteiger partial charge in [-0.3, -0.25) is 0 Å². The molecule has 0 saturated carbocycles. The summed E-state index contributed by atoms with van der Waals surface area (Å²) < 4.78 is 28.0. The number of rotatable bonds is 7. The molecule has 33 heavy (non-hydrogen) atoms. The molecule has 0 aliphatic heterocycles. The summed E-state index contributed by atoms with van der Waals surface area (Å²) in [5.74, 6) is 1.45. The van der Waals surface area contributed by atoms with Crippen LogP contribution in [0.2, 0.25) is 0 Å². The van der Waals surface area contributed by atoms with Crippen LogP contribution in [0.4, 0.5) is 10.6 Å². The van der Waals surface area contributed by atoms with Crippen molar-refractivity contribution in [3.63, 3.8) is 0 Å². The number of anilines is 1. The van der Waals surface area contributed by atoms with Gasteiger partial charge < -0.3 is 15.0 Å². The van der Waals surface area contributed by atoms with Crippen LogP contribution >= 0.6 is 0 Å². The molecular formula is C22H31N7O3S. The Bertz CT molecular complexity index is 1240. The summed E-state index contributed by atoms with van der Waals surface area (Å²) in [6.07, 6.45) is 1.50. The van der Waals surface area contributed by atoms with Gasteiger partial charge in [-0.05, 0) is 45.4 Å². The lowest BCUT2D eigenvalue weighted by molar-refractivity contribution is 0.0531. The number of hydrogen-bond donors (Lipinski definition) is 2. The van der Waals surface area contributed by atoms with Crippen LogP contribution in [0.1, 0.15) is 37.6 Å². The van der Waals surface area contributed by atoms with Crippen LogP contribution in [0, 0.1) is 11.7 Å². The van der Waals surface area contributed by atoms with Gasteiger partial charge in [0.2, 0.25) is 0 Å². The summed E-state index contributed by atoms with van der Waals surface area (Å²) in [6, 6.07) is 7.17. The first-order valence-electron chi connectivity index (χ1n) is 10.6. The van der Waals surface area contributed by atoms with Crippen LogP contribution in [0.3, 0.4) is 0 Å². The number of benzene rings is 1. The summed E-state index contributed by atoms with van der Waals surface area (Å²) >= 11 is 0. The van der Waals surface area contributed by atoms with E-state index in [2.05, 4.69) is 20.4 Å². The first-order valence-corrected chi connectivity index (χ1v) is 12.3. The molecule has 1 atom stereocenters. The highest BCUT2D eigenvalue weighted by molar-refractivity contribution is 7.92. The van der Waals surface area contributed by atoms with Crippen molar-refractivity contribution in [2.45, 2.75) is 44.6 Å². The van der Waals surface area contributed by atoms with Crippen molar-refractivity contribution in [1.82, 2.24) is 24.9 Å². The van der Waals surface area contributed by atoms with Crippen LogP contribution in [0.5, 0.6) is 0 Å². The number of nitrogens with one attached hydrogen (secondary N) is 2. The average molecular weight is 474 g/mol. The maximum absolute atomic E-state index is 12.9. The van der Waals surface area contributed by atoms with E-state index in [4.69, 9.17) is 9.52 Å². The van der Waals surface area contributed by atoms with Crippen molar-refractivity contribution in [1.29, 1.82) is 4.78 Å². The molecule has 1 aromatic carbocycles. The van der Waals surface area contributed by atoms with E-state index in [0.717, 1.165) is 22.6 Å². The van der Waals surface area contributed by atoms with Gasteiger partial charge in [0.1, 0.15) is 17.7 Å². The molecule has 11 heteroatoms. The van der Waals surface area contributed by atoms with Gasteiger partial charge >= 0.3 is 6.09 Å². The topological polar surface area (TPSA) is 126 Å². The van der Waals surface area contributed by atoms with Crippen molar-refractivity contribution < 1.29 is 13.7 Å². The highest BCUT2D eigenvalue weighted by Crippen LogP contribution is 2.25. The van der Waals surface area contributed by atoms with E-state index >= 15 is 0 Å². The molecule has 10 nitrogen and oxygen atoms in total. The Balaban J connectivity index is 1.72. The van der Waals surface area contributed by atoms with Crippen molar-refractivity contribution >= 4 is 27.4 Å². The van der Waals surface area contributed by atoms with Crippen molar-refractivity contribution in [2.75, 3.05) is 31.3 Å². The van der Waals surface area contributed by atoms with Crippen LogP contribution in [0.25, 0.3) is 5.78 Å². The molecule has 2 N–H and O–H groups in total. The second kappa shape index (κ2) is 9.34. The summed E-state index contributed by atoms with van der Waals surface area (Å²) in [5, 5.41) is 6.85. The molecule has 0 fully saturated rings. The summed E-state index contributed by atoms with van der Waals surface area (Å²) in [6.45, 7) is 7.34. The Hall–Kier alpha value is -3.21. The number of hydrogen-bond acceptors (Lipinski definition) is 8. The Labute approximate surface area is 194 Å². The third-order valence-electron chi connectivity index (χ3n) is 4.87.